The van der Waals surface area contributed by atoms with E-state index >= 15 is 0 Å². The first-order valence-electron chi connectivity index (χ1n) is 16.3. The van der Waals surface area contributed by atoms with Crippen LogP contribution >= 0.6 is 0 Å². The van der Waals surface area contributed by atoms with E-state index in [1.807, 2.05) is 20.8 Å². The summed E-state index contributed by atoms with van der Waals surface area (Å²) in [5.74, 6) is 1.76. The van der Waals surface area contributed by atoms with Crippen molar-refractivity contribution in [2.75, 3.05) is 6.61 Å². The zero-order valence-corrected chi connectivity index (χ0v) is 27.0. The summed E-state index contributed by atoms with van der Waals surface area (Å²) in [5, 5.41) is 22.7. The number of carbonyl (C=O) groups excluding carboxylic acids is 1. The Labute approximate surface area is 239 Å². The molecule has 5 aliphatic rings. The van der Waals surface area contributed by atoms with Crippen LogP contribution in [0.3, 0.4) is 0 Å². The van der Waals surface area contributed by atoms with Gasteiger partial charge >= 0.3 is 5.97 Å². The summed E-state index contributed by atoms with van der Waals surface area (Å²) in [6.07, 6.45) is 10.8. The molecular formula is C35H60O4. The normalized spacial score (nSPS) is 50.6. The fourth-order valence-corrected chi connectivity index (χ4v) is 11.9. The smallest absolute Gasteiger partial charge is 0.311 e. The summed E-state index contributed by atoms with van der Waals surface area (Å²) >= 11 is 0. The van der Waals surface area contributed by atoms with Gasteiger partial charge in [0, 0.05) is 12.0 Å². The molecule has 0 aliphatic heterocycles. The maximum Gasteiger partial charge on any atom is 0.311 e. The van der Waals surface area contributed by atoms with Crippen LogP contribution in [0.1, 0.15) is 133 Å². The van der Waals surface area contributed by atoms with Crippen LogP contribution < -0.4 is 0 Å². The molecule has 5 saturated carbocycles. The van der Waals surface area contributed by atoms with E-state index < -0.39 is 5.41 Å². The quantitative estimate of drug-likeness (QED) is 0.348. The lowest BCUT2D eigenvalue weighted by Crippen LogP contribution is -2.69. The van der Waals surface area contributed by atoms with Crippen molar-refractivity contribution in [1.29, 1.82) is 0 Å². The minimum atomic E-state index is -0.474. The fraction of sp³-hybridized carbons (Fsp3) is 0.971. The lowest BCUT2D eigenvalue weighted by atomic mass is 9.31. The third-order valence-electron chi connectivity index (χ3n) is 14.7. The highest BCUT2D eigenvalue weighted by Crippen LogP contribution is 2.77. The Bertz CT molecular complexity index is 978. The first-order valence-corrected chi connectivity index (χ1v) is 16.3. The second-order valence-corrected chi connectivity index (χ2v) is 18.2. The molecule has 10 atom stereocenters. The predicted octanol–water partition coefficient (Wildman–Crippen LogP) is 7.79. The van der Waals surface area contributed by atoms with E-state index in [1.54, 1.807) is 0 Å². The van der Waals surface area contributed by atoms with E-state index in [1.165, 1.54) is 32.1 Å². The van der Waals surface area contributed by atoms with Crippen LogP contribution in [0.25, 0.3) is 0 Å². The average molecular weight is 545 g/mol. The largest absolute Gasteiger partial charge is 0.461 e. The number of carbonyl (C=O) groups is 1. The number of aliphatic hydroxyl groups is 2. The number of hydrogen-bond acceptors (Lipinski definition) is 4. The number of fused-ring (bicyclic) bond motifs is 7. The minimum Gasteiger partial charge on any atom is -0.461 e. The zero-order valence-electron chi connectivity index (χ0n) is 27.0. The minimum absolute atomic E-state index is 0.0157. The Morgan fingerprint density at radius 2 is 1.44 bits per heavy atom. The summed E-state index contributed by atoms with van der Waals surface area (Å²) in [7, 11) is 0. The molecule has 224 valence electrons. The maximum absolute atomic E-state index is 12.9. The van der Waals surface area contributed by atoms with Crippen molar-refractivity contribution in [2.24, 2.45) is 61.6 Å². The van der Waals surface area contributed by atoms with Crippen molar-refractivity contribution in [3.05, 3.63) is 0 Å². The van der Waals surface area contributed by atoms with Gasteiger partial charge < -0.3 is 14.9 Å². The van der Waals surface area contributed by atoms with E-state index in [4.69, 9.17) is 4.74 Å². The molecule has 0 saturated heterocycles. The molecule has 4 heteroatoms. The van der Waals surface area contributed by atoms with Crippen LogP contribution in [0.15, 0.2) is 0 Å². The van der Waals surface area contributed by atoms with Gasteiger partial charge in [-0.3, -0.25) is 4.79 Å². The molecule has 5 rings (SSSR count). The number of rotatable bonds is 2. The summed E-state index contributed by atoms with van der Waals surface area (Å²) in [4.78, 5) is 12.9. The molecule has 2 N–H and O–H groups in total. The van der Waals surface area contributed by atoms with Crippen molar-refractivity contribution in [3.8, 4) is 0 Å². The third-order valence-corrected chi connectivity index (χ3v) is 14.7. The van der Waals surface area contributed by atoms with E-state index in [-0.39, 0.29) is 63.2 Å². The average Bonchev–Trinajstić information content (AvgIpc) is 2.83. The van der Waals surface area contributed by atoms with Crippen molar-refractivity contribution < 1.29 is 19.7 Å². The van der Waals surface area contributed by atoms with Crippen LogP contribution in [-0.4, -0.2) is 35.0 Å². The highest BCUT2D eigenvalue weighted by molar-refractivity contribution is 5.75. The number of ether oxygens (including phenoxy) is 1. The van der Waals surface area contributed by atoms with Gasteiger partial charge in [-0.25, -0.2) is 0 Å². The summed E-state index contributed by atoms with van der Waals surface area (Å²) in [5.41, 5.74) is -0.106. The lowest BCUT2D eigenvalue weighted by Gasteiger charge is -2.74. The molecule has 0 aromatic rings. The van der Waals surface area contributed by atoms with Gasteiger partial charge in [-0.1, -0.05) is 48.5 Å². The van der Waals surface area contributed by atoms with E-state index in [0.29, 0.717) is 17.8 Å². The molecule has 0 amide bonds. The summed E-state index contributed by atoms with van der Waals surface area (Å²) in [6.45, 7) is 23.1. The highest BCUT2D eigenvalue weighted by atomic mass is 16.5. The topological polar surface area (TPSA) is 66.8 Å². The zero-order chi connectivity index (χ0) is 29.0. The molecule has 0 aromatic heterocycles. The Kier molecular flexibility index (Phi) is 6.85. The molecule has 0 radical (unpaired) electrons. The molecule has 4 nitrogen and oxygen atoms in total. The standard InChI is InChI=1S/C35H60O4/c1-29(2,3)28(38)39-25-14-15-32(8)23(31(25,6)7)13-16-34(10)24(32)12-11-22-26-27(37)30(4,5)17-19-35(26,21-36)20-18-33(22,34)9/h22-27,36-37H,11-21H2,1-10H3/t22-,23+,24-,25+,26+,27-,32+,33-,34-,35-/m1/s1. The fourth-order valence-electron chi connectivity index (χ4n) is 11.9. The second kappa shape index (κ2) is 8.95. The van der Waals surface area contributed by atoms with Gasteiger partial charge in [-0.2, -0.15) is 0 Å². The highest BCUT2D eigenvalue weighted by Gasteiger charge is 2.71. The maximum atomic E-state index is 12.9. The third kappa shape index (κ3) is 3.99. The van der Waals surface area contributed by atoms with Crippen molar-refractivity contribution >= 4 is 5.97 Å². The Morgan fingerprint density at radius 1 is 0.795 bits per heavy atom. The van der Waals surface area contributed by atoms with Crippen molar-refractivity contribution in [3.63, 3.8) is 0 Å². The van der Waals surface area contributed by atoms with Crippen LogP contribution in [0.5, 0.6) is 0 Å². The van der Waals surface area contributed by atoms with Crippen LogP contribution in [0, 0.1) is 61.6 Å². The Hall–Kier alpha value is -0.610. The van der Waals surface area contributed by atoms with Gasteiger partial charge in [-0.05, 0) is 136 Å². The van der Waals surface area contributed by atoms with Gasteiger partial charge in [0.15, 0.2) is 0 Å². The van der Waals surface area contributed by atoms with Gasteiger partial charge in [0.2, 0.25) is 0 Å². The molecular weight excluding hydrogens is 484 g/mol. The molecule has 0 heterocycles. The molecule has 0 spiro atoms. The SMILES string of the molecule is CC(C)(C)C(=O)O[C@H]1CC[C@]2(C)[C@H]3CC[C@@H]4[C@H]5[C@@H](O)C(C)(C)CC[C@]5(CO)CC[C@@]4(C)[C@]3(C)CC[C@H]2C1(C)C. The van der Waals surface area contributed by atoms with E-state index in [9.17, 15) is 15.0 Å². The van der Waals surface area contributed by atoms with Gasteiger partial charge in [-0.15, -0.1) is 0 Å². The van der Waals surface area contributed by atoms with Crippen LogP contribution in [0.4, 0.5) is 0 Å². The Balaban J connectivity index is 1.47. The molecule has 39 heavy (non-hydrogen) atoms. The number of aliphatic hydroxyl groups excluding tert-OH is 2. The van der Waals surface area contributed by atoms with Crippen molar-refractivity contribution in [1.82, 2.24) is 0 Å². The monoisotopic (exact) mass is 544 g/mol. The van der Waals surface area contributed by atoms with Crippen LogP contribution in [-0.2, 0) is 9.53 Å². The van der Waals surface area contributed by atoms with Gasteiger partial charge in [0.05, 0.1) is 11.5 Å². The number of esters is 1. The molecule has 0 aromatic carbocycles. The van der Waals surface area contributed by atoms with E-state index in [2.05, 4.69) is 48.5 Å². The second-order valence-electron chi connectivity index (χ2n) is 18.2. The number of hydrogen-bond donors (Lipinski definition) is 2. The summed E-state index contributed by atoms with van der Waals surface area (Å²) < 4.78 is 6.26. The Morgan fingerprint density at radius 3 is 2.05 bits per heavy atom. The van der Waals surface area contributed by atoms with Crippen LogP contribution in [0.2, 0.25) is 0 Å². The van der Waals surface area contributed by atoms with Gasteiger partial charge in [0.25, 0.3) is 0 Å². The predicted molar refractivity (Wildman–Crippen MR) is 157 cm³/mol. The van der Waals surface area contributed by atoms with Gasteiger partial charge in [0.1, 0.15) is 6.10 Å². The first-order chi connectivity index (χ1) is 17.8. The molecule has 0 unspecified atom stereocenters. The lowest BCUT2D eigenvalue weighted by molar-refractivity contribution is -0.273. The van der Waals surface area contributed by atoms with E-state index in [0.717, 1.165) is 32.1 Å². The molecule has 5 aliphatic carbocycles. The molecule has 0 bridgehead atoms. The first kappa shape index (κ1) is 29.9. The van der Waals surface area contributed by atoms with Crippen molar-refractivity contribution in [2.45, 2.75) is 146 Å². The molecule has 5 fully saturated rings. The summed E-state index contributed by atoms with van der Waals surface area (Å²) in [6, 6.07) is 0.